The number of rotatable bonds is 8. The molecule has 146 valence electrons. The van der Waals surface area contributed by atoms with Crippen LogP contribution in [-0.4, -0.2) is 32.9 Å². The third-order valence-corrected chi connectivity index (χ3v) is 3.71. The van der Waals surface area contributed by atoms with Gasteiger partial charge in [0.2, 0.25) is 0 Å². The van der Waals surface area contributed by atoms with Crippen molar-refractivity contribution in [3.8, 4) is 17.2 Å². The number of urea groups is 1. The van der Waals surface area contributed by atoms with Crippen molar-refractivity contribution in [3.63, 3.8) is 0 Å². The summed E-state index contributed by atoms with van der Waals surface area (Å²) in [6, 6.07) is 9.42. The lowest BCUT2D eigenvalue weighted by Gasteiger charge is -2.12. The van der Waals surface area contributed by atoms with Crippen molar-refractivity contribution in [1.82, 2.24) is 5.32 Å². The molecule has 0 saturated heterocycles. The molecule has 0 bridgehead atoms. The first-order valence-corrected chi connectivity index (χ1v) is 8.65. The fourth-order valence-electron chi connectivity index (χ4n) is 2.47. The number of carbonyl (C=O) groups excluding carboxylic acids is 1. The van der Waals surface area contributed by atoms with Gasteiger partial charge in [-0.2, -0.15) is 0 Å². The minimum atomic E-state index is -0.553. The van der Waals surface area contributed by atoms with Gasteiger partial charge < -0.3 is 24.8 Å². The molecule has 0 aliphatic rings. The Balaban J connectivity index is 1.86. The van der Waals surface area contributed by atoms with Crippen LogP contribution in [0.4, 0.5) is 14.9 Å². The topological polar surface area (TPSA) is 68.8 Å². The second kappa shape index (κ2) is 9.66. The van der Waals surface area contributed by atoms with E-state index >= 15 is 0 Å². The van der Waals surface area contributed by atoms with Gasteiger partial charge in [0, 0.05) is 12.6 Å². The maximum Gasteiger partial charge on any atom is 0.319 e. The predicted molar refractivity (Wildman–Crippen MR) is 102 cm³/mol. The van der Waals surface area contributed by atoms with E-state index in [2.05, 4.69) is 10.6 Å². The van der Waals surface area contributed by atoms with Crippen molar-refractivity contribution >= 4 is 11.7 Å². The van der Waals surface area contributed by atoms with E-state index in [-0.39, 0.29) is 11.8 Å². The number of amides is 2. The van der Waals surface area contributed by atoms with Crippen molar-refractivity contribution in [2.24, 2.45) is 0 Å². The summed E-state index contributed by atoms with van der Waals surface area (Å²) < 4.78 is 29.9. The number of benzene rings is 2. The minimum Gasteiger partial charge on any atom is -0.493 e. The lowest BCUT2D eigenvalue weighted by atomic mass is 10.1. The lowest BCUT2D eigenvalue weighted by Crippen LogP contribution is -2.30. The Morgan fingerprint density at radius 3 is 2.44 bits per heavy atom. The number of anilines is 1. The van der Waals surface area contributed by atoms with Crippen LogP contribution in [0, 0.1) is 5.82 Å². The number of hydrogen-bond acceptors (Lipinski definition) is 4. The number of halogens is 1. The molecule has 0 saturated carbocycles. The van der Waals surface area contributed by atoms with Crippen LogP contribution < -0.4 is 24.8 Å². The normalized spacial score (nSPS) is 10.4. The average molecular weight is 376 g/mol. The van der Waals surface area contributed by atoms with Crippen molar-refractivity contribution in [1.29, 1.82) is 0 Å². The smallest absolute Gasteiger partial charge is 0.319 e. The quantitative estimate of drug-likeness (QED) is 0.731. The molecule has 0 aliphatic carbocycles. The van der Waals surface area contributed by atoms with Crippen LogP contribution in [0.25, 0.3) is 0 Å². The predicted octanol–water partition coefficient (Wildman–Crippen LogP) is 3.99. The van der Waals surface area contributed by atoms with Crippen LogP contribution in [0.2, 0.25) is 0 Å². The summed E-state index contributed by atoms with van der Waals surface area (Å²) in [5.74, 6) is 1.14. The molecule has 2 N–H and O–H groups in total. The van der Waals surface area contributed by atoms with Crippen molar-refractivity contribution in [2.75, 3.05) is 26.1 Å². The van der Waals surface area contributed by atoms with Gasteiger partial charge >= 0.3 is 6.03 Å². The summed E-state index contributed by atoms with van der Waals surface area (Å²) in [7, 11) is 3.14. The van der Waals surface area contributed by atoms with Crippen LogP contribution >= 0.6 is 0 Å². The van der Waals surface area contributed by atoms with E-state index in [0.29, 0.717) is 30.2 Å². The molecule has 0 radical (unpaired) electrons. The molecule has 0 spiro atoms. The Hall–Kier alpha value is -2.96. The standard InChI is InChI=1S/C20H25FN2O4/c1-13(2)27-15-6-7-17(16(21)12-15)23-20(24)22-10-9-14-5-8-18(25-3)19(11-14)26-4/h5-8,11-13H,9-10H2,1-4H3,(H2,22,23,24). The molecule has 0 heterocycles. The SMILES string of the molecule is COc1ccc(CCNC(=O)Nc2ccc(OC(C)C)cc2F)cc1OC. The Labute approximate surface area is 158 Å². The highest BCUT2D eigenvalue weighted by Crippen LogP contribution is 2.27. The molecule has 0 atom stereocenters. The highest BCUT2D eigenvalue weighted by Gasteiger charge is 2.09. The third kappa shape index (κ3) is 6.06. The fourth-order valence-corrected chi connectivity index (χ4v) is 2.47. The first-order valence-electron chi connectivity index (χ1n) is 8.65. The van der Waals surface area contributed by atoms with Gasteiger partial charge in [-0.25, -0.2) is 9.18 Å². The molecule has 2 aromatic rings. The number of hydrogen-bond donors (Lipinski definition) is 2. The molecular formula is C20H25FN2O4. The Kier molecular flexibility index (Phi) is 7.28. The van der Waals surface area contributed by atoms with Crippen LogP contribution in [0.5, 0.6) is 17.2 Å². The summed E-state index contributed by atoms with van der Waals surface area (Å²) in [5.41, 5.74) is 1.07. The molecule has 2 rings (SSSR count). The average Bonchev–Trinajstić information content (AvgIpc) is 2.63. The second-order valence-electron chi connectivity index (χ2n) is 6.13. The van der Waals surface area contributed by atoms with Crippen LogP contribution in [0.3, 0.4) is 0 Å². The zero-order chi connectivity index (χ0) is 19.8. The number of ether oxygens (including phenoxy) is 3. The zero-order valence-corrected chi connectivity index (χ0v) is 16.0. The molecule has 0 fully saturated rings. The van der Waals surface area contributed by atoms with Crippen LogP contribution in [-0.2, 0) is 6.42 Å². The number of nitrogens with one attached hydrogen (secondary N) is 2. The third-order valence-electron chi connectivity index (χ3n) is 3.71. The van der Waals surface area contributed by atoms with Gasteiger partial charge in [-0.3, -0.25) is 0 Å². The summed E-state index contributed by atoms with van der Waals surface area (Å²) >= 11 is 0. The van der Waals surface area contributed by atoms with E-state index in [0.717, 1.165) is 5.56 Å². The van der Waals surface area contributed by atoms with Gasteiger partial charge in [-0.1, -0.05) is 6.07 Å². The van der Waals surface area contributed by atoms with Gasteiger partial charge in [0.05, 0.1) is 26.0 Å². The number of carbonyl (C=O) groups is 1. The molecule has 6 nitrogen and oxygen atoms in total. The van der Waals surface area contributed by atoms with Gasteiger partial charge in [-0.05, 0) is 50.1 Å². The molecule has 0 aromatic heterocycles. The van der Waals surface area contributed by atoms with Gasteiger partial charge in [0.1, 0.15) is 11.6 Å². The molecule has 27 heavy (non-hydrogen) atoms. The molecule has 2 aromatic carbocycles. The second-order valence-corrected chi connectivity index (χ2v) is 6.13. The molecule has 0 aliphatic heterocycles. The van der Waals surface area contributed by atoms with E-state index in [9.17, 15) is 9.18 Å². The number of methoxy groups -OCH3 is 2. The van der Waals surface area contributed by atoms with E-state index in [1.54, 1.807) is 20.3 Å². The van der Waals surface area contributed by atoms with E-state index in [1.165, 1.54) is 12.1 Å². The largest absolute Gasteiger partial charge is 0.493 e. The van der Waals surface area contributed by atoms with Crippen molar-refractivity contribution in [3.05, 3.63) is 47.8 Å². The van der Waals surface area contributed by atoms with Crippen LogP contribution in [0.1, 0.15) is 19.4 Å². The first kappa shape index (κ1) is 20.4. The van der Waals surface area contributed by atoms with E-state index in [1.807, 2.05) is 32.0 Å². The lowest BCUT2D eigenvalue weighted by molar-refractivity contribution is 0.241. The van der Waals surface area contributed by atoms with E-state index in [4.69, 9.17) is 14.2 Å². The maximum absolute atomic E-state index is 14.1. The summed E-state index contributed by atoms with van der Waals surface area (Å²) in [6.45, 7) is 4.10. The summed E-state index contributed by atoms with van der Waals surface area (Å²) in [4.78, 5) is 12.0. The van der Waals surface area contributed by atoms with Crippen molar-refractivity contribution < 1.29 is 23.4 Å². The maximum atomic E-state index is 14.1. The Morgan fingerprint density at radius 2 is 1.81 bits per heavy atom. The molecule has 2 amide bonds. The first-order chi connectivity index (χ1) is 12.9. The van der Waals surface area contributed by atoms with Crippen LogP contribution in [0.15, 0.2) is 36.4 Å². The molecular weight excluding hydrogens is 351 g/mol. The summed E-state index contributed by atoms with van der Waals surface area (Å²) in [5, 5.41) is 5.19. The fraction of sp³-hybridized carbons (Fsp3) is 0.350. The van der Waals surface area contributed by atoms with Gasteiger partial charge in [0.15, 0.2) is 11.5 Å². The zero-order valence-electron chi connectivity index (χ0n) is 16.0. The monoisotopic (exact) mass is 376 g/mol. The molecule has 0 unspecified atom stereocenters. The highest BCUT2D eigenvalue weighted by atomic mass is 19.1. The Bertz CT molecular complexity index is 781. The highest BCUT2D eigenvalue weighted by molar-refractivity contribution is 5.89. The van der Waals surface area contributed by atoms with Crippen molar-refractivity contribution in [2.45, 2.75) is 26.4 Å². The molecule has 7 heteroatoms. The minimum absolute atomic E-state index is 0.0527. The van der Waals surface area contributed by atoms with E-state index < -0.39 is 11.8 Å². The Morgan fingerprint density at radius 1 is 1.07 bits per heavy atom. The van der Waals surface area contributed by atoms with Gasteiger partial charge in [-0.15, -0.1) is 0 Å². The summed E-state index contributed by atoms with van der Waals surface area (Å²) in [6.07, 6.45) is 0.542. The van der Waals surface area contributed by atoms with Gasteiger partial charge in [0.25, 0.3) is 0 Å².